The van der Waals surface area contributed by atoms with Crippen molar-refractivity contribution in [3.63, 3.8) is 0 Å². The third-order valence-corrected chi connectivity index (χ3v) is 4.83. The number of nitro groups is 1. The number of hydrogen-bond donors (Lipinski definition) is 1. The van der Waals surface area contributed by atoms with E-state index in [-0.39, 0.29) is 18.0 Å². The van der Waals surface area contributed by atoms with Crippen molar-refractivity contribution in [1.29, 1.82) is 0 Å². The molecule has 0 spiro atoms. The lowest BCUT2D eigenvalue weighted by molar-refractivity contribution is -0.384. The number of methoxy groups -OCH3 is 1. The van der Waals surface area contributed by atoms with Crippen molar-refractivity contribution in [2.45, 2.75) is 26.2 Å². The minimum atomic E-state index is -0.432. The number of nitrogens with one attached hydrogen (secondary N) is 1. The first kappa shape index (κ1) is 18.7. The van der Waals surface area contributed by atoms with Gasteiger partial charge in [-0.15, -0.1) is 0 Å². The molecule has 1 N–H and O–H groups in total. The molecule has 0 aromatic heterocycles. The van der Waals surface area contributed by atoms with Gasteiger partial charge in [0.15, 0.2) is 0 Å². The highest BCUT2D eigenvalue weighted by molar-refractivity contribution is 5.96. The predicted octanol–water partition coefficient (Wildman–Crippen LogP) is 3.69. The average molecular weight is 369 g/mol. The number of nitro benzene ring substituents is 1. The van der Waals surface area contributed by atoms with Gasteiger partial charge in [0.2, 0.25) is 5.91 Å². The molecule has 1 aliphatic heterocycles. The summed E-state index contributed by atoms with van der Waals surface area (Å²) in [5, 5.41) is 14.1. The Morgan fingerprint density at radius 1 is 1.30 bits per heavy atom. The first-order valence-corrected chi connectivity index (χ1v) is 8.97. The zero-order chi connectivity index (χ0) is 19.4. The molecule has 0 atom stereocenters. The van der Waals surface area contributed by atoms with Crippen LogP contribution < -0.4 is 15.0 Å². The minimum absolute atomic E-state index is 0.00515. The second-order valence-electron chi connectivity index (χ2n) is 6.51. The summed E-state index contributed by atoms with van der Waals surface area (Å²) in [6, 6.07) is 10.3. The molecular weight excluding hydrogens is 346 g/mol. The van der Waals surface area contributed by atoms with Crippen LogP contribution in [0.25, 0.3) is 0 Å². The number of ether oxygens (including phenoxy) is 1. The van der Waals surface area contributed by atoms with Gasteiger partial charge in [-0.1, -0.05) is 18.2 Å². The zero-order valence-electron chi connectivity index (χ0n) is 15.5. The van der Waals surface area contributed by atoms with Crippen molar-refractivity contribution in [2.75, 3.05) is 30.4 Å². The lowest BCUT2D eigenvalue weighted by Gasteiger charge is -2.32. The Morgan fingerprint density at radius 3 is 2.81 bits per heavy atom. The molecule has 1 amide bonds. The van der Waals surface area contributed by atoms with Gasteiger partial charge < -0.3 is 15.0 Å². The molecule has 2 aromatic rings. The van der Waals surface area contributed by atoms with Crippen LogP contribution in [0.2, 0.25) is 0 Å². The molecule has 1 heterocycles. The standard InChI is InChI=1S/C20H23N3O4/c1-14-9-10-18(27-2)20-15(14)6-5-13-22(20)19(24)11-12-21-16-7-3-4-8-17(16)23(25)26/h3-4,7-10,21H,5-6,11-13H2,1-2H3. The monoisotopic (exact) mass is 369 g/mol. The van der Waals surface area contributed by atoms with Gasteiger partial charge in [-0.25, -0.2) is 0 Å². The van der Waals surface area contributed by atoms with E-state index in [0.717, 1.165) is 29.7 Å². The number of benzene rings is 2. The van der Waals surface area contributed by atoms with E-state index in [4.69, 9.17) is 4.74 Å². The fraction of sp³-hybridized carbons (Fsp3) is 0.350. The average Bonchev–Trinajstić information content (AvgIpc) is 2.68. The largest absolute Gasteiger partial charge is 0.495 e. The lowest BCUT2D eigenvalue weighted by atomic mass is 9.96. The molecule has 0 unspecified atom stereocenters. The summed E-state index contributed by atoms with van der Waals surface area (Å²) in [5.41, 5.74) is 3.59. The maximum atomic E-state index is 12.8. The van der Waals surface area contributed by atoms with Crippen LogP contribution in [0.3, 0.4) is 0 Å². The van der Waals surface area contributed by atoms with Crippen LogP contribution >= 0.6 is 0 Å². The molecule has 0 bridgehead atoms. The summed E-state index contributed by atoms with van der Waals surface area (Å²) >= 11 is 0. The number of carbonyl (C=O) groups excluding carboxylic acids is 1. The van der Waals surface area contributed by atoms with E-state index in [0.29, 0.717) is 24.5 Å². The molecule has 7 heteroatoms. The van der Waals surface area contributed by atoms with Crippen molar-refractivity contribution in [3.8, 4) is 5.75 Å². The van der Waals surface area contributed by atoms with Crippen LogP contribution in [-0.4, -0.2) is 31.0 Å². The Labute approximate surface area is 158 Å². The number of amides is 1. The van der Waals surface area contributed by atoms with Crippen LogP contribution in [0.5, 0.6) is 5.75 Å². The van der Waals surface area contributed by atoms with E-state index in [2.05, 4.69) is 5.32 Å². The van der Waals surface area contributed by atoms with E-state index in [9.17, 15) is 14.9 Å². The number of fused-ring (bicyclic) bond motifs is 1. The molecule has 0 radical (unpaired) electrons. The summed E-state index contributed by atoms with van der Waals surface area (Å²) in [6.45, 7) is 3.02. The molecule has 27 heavy (non-hydrogen) atoms. The Hall–Kier alpha value is -3.09. The molecule has 3 rings (SSSR count). The number of aryl methyl sites for hydroxylation is 1. The first-order valence-electron chi connectivity index (χ1n) is 8.97. The van der Waals surface area contributed by atoms with E-state index in [1.165, 1.54) is 6.07 Å². The van der Waals surface area contributed by atoms with Crippen molar-refractivity contribution in [1.82, 2.24) is 0 Å². The Balaban J connectivity index is 1.72. The number of para-hydroxylation sites is 2. The van der Waals surface area contributed by atoms with Crippen molar-refractivity contribution in [3.05, 3.63) is 57.6 Å². The van der Waals surface area contributed by atoms with Crippen molar-refractivity contribution in [2.24, 2.45) is 0 Å². The van der Waals surface area contributed by atoms with Gasteiger partial charge in [0.05, 0.1) is 17.7 Å². The number of rotatable bonds is 6. The number of nitrogens with zero attached hydrogens (tertiary/aromatic N) is 2. The Kier molecular flexibility index (Phi) is 5.59. The number of anilines is 2. The van der Waals surface area contributed by atoms with Crippen molar-refractivity contribution >= 4 is 23.0 Å². The topological polar surface area (TPSA) is 84.7 Å². The Bertz CT molecular complexity index is 866. The molecule has 142 valence electrons. The summed E-state index contributed by atoms with van der Waals surface area (Å²) in [5.74, 6) is 0.682. The van der Waals surface area contributed by atoms with Crippen LogP contribution in [0.15, 0.2) is 36.4 Å². The first-order chi connectivity index (χ1) is 13.0. The highest BCUT2D eigenvalue weighted by atomic mass is 16.6. The van der Waals surface area contributed by atoms with Crippen molar-refractivity contribution < 1.29 is 14.5 Å². The molecule has 0 aliphatic carbocycles. The Morgan fingerprint density at radius 2 is 2.07 bits per heavy atom. The molecule has 0 fully saturated rings. The quantitative estimate of drug-likeness (QED) is 0.620. The van der Waals surface area contributed by atoms with Gasteiger partial charge in [0, 0.05) is 25.6 Å². The van der Waals surface area contributed by atoms with E-state index >= 15 is 0 Å². The smallest absolute Gasteiger partial charge is 0.292 e. The van der Waals surface area contributed by atoms with E-state index in [1.54, 1.807) is 30.2 Å². The zero-order valence-corrected chi connectivity index (χ0v) is 15.5. The maximum absolute atomic E-state index is 12.8. The minimum Gasteiger partial charge on any atom is -0.495 e. The summed E-state index contributed by atoms with van der Waals surface area (Å²) < 4.78 is 5.48. The maximum Gasteiger partial charge on any atom is 0.292 e. The SMILES string of the molecule is COc1ccc(C)c2c1N(C(=O)CCNc1ccccc1[N+](=O)[O-])CCC2. The number of carbonyl (C=O) groups is 1. The van der Waals surface area contributed by atoms with Crippen LogP contribution in [0.4, 0.5) is 17.1 Å². The third kappa shape index (κ3) is 3.86. The predicted molar refractivity (Wildman–Crippen MR) is 105 cm³/mol. The lowest BCUT2D eigenvalue weighted by Crippen LogP contribution is -2.37. The van der Waals surface area contributed by atoms with Gasteiger partial charge in [0.25, 0.3) is 5.69 Å². The van der Waals surface area contributed by atoms with Crippen LogP contribution in [0.1, 0.15) is 24.0 Å². The second kappa shape index (κ2) is 8.07. The third-order valence-electron chi connectivity index (χ3n) is 4.83. The fourth-order valence-electron chi connectivity index (χ4n) is 3.49. The van der Waals surface area contributed by atoms with Gasteiger partial charge in [-0.2, -0.15) is 0 Å². The molecule has 0 saturated carbocycles. The second-order valence-corrected chi connectivity index (χ2v) is 6.51. The van der Waals surface area contributed by atoms with E-state index in [1.807, 2.05) is 19.1 Å². The highest BCUT2D eigenvalue weighted by Crippen LogP contribution is 2.38. The summed E-state index contributed by atoms with van der Waals surface area (Å²) in [7, 11) is 1.61. The van der Waals surface area contributed by atoms with E-state index < -0.39 is 4.92 Å². The highest BCUT2D eigenvalue weighted by Gasteiger charge is 2.27. The van der Waals surface area contributed by atoms with Gasteiger partial charge in [-0.3, -0.25) is 14.9 Å². The molecule has 1 aliphatic rings. The molecule has 7 nitrogen and oxygen atoms in total. The molecule has 0 saturated heterocycles. The normalized spacial score (nSPS) is 13.0. The summed E-state index contributed by atoms with van der Waals surface area (Å²) in [4.78, 5) is 25.3. The van der Waals surface area contributed by atoms with Crippen LogP contribution in [0, 0.1) is 17.0 Å². The molecular formula is C20H23N3O4. The number of hydrogen-bond acceptors (Lipinski definition) is 5. The van der Waals surface area contributed by atoms with Gasteiger partial charge in [-0.05, 0) is 43.0 Å². The van der Waals surface area contributed by atoms with Gasteiger partial charge >= 0.3 is 0 Å². The summed E-state index contributed by atoms with van der Waals surface area (Å²) in [6.07, 6.45) is 2.07. The van der Waals surface area contributed by atoms with Crippen LogP contribution in [-0.2, 0) is 11.2 Å². The molecule has 2 aromatic carbocycles. The fourth-order valence-corrected chi connectivity index (χ4v) is 3.49. The van der Waals surface area contributed by atoms with Gasteiger partial charge in [0.1, 0.15) is 11.4 Å².